The first-order valence-electron chi connectivity index (χ1n) is 9.74. The summed E-state index contributed by atoms with van der Waals surface area (Å²) < 4.78 is 33.9. The molecule has 8 heteroatoms. The van der Waals surface area contributed by atoms with Crippen LogP contribution in [-0.2, 0) is 25.6 Å². The minimum Gasteiger partial charge on any atom is -0.493 e. The summed E-state index contributed by atoms with van der Waals surface area (Å²) in [4.78, 5) is 27.1. The monoisotopic (exact) mass is 441 g/mol. The van der Waals surface area contributed by atoms with Gasteiger partial charge in [0, 0.05) is 18.9 Å². The van der Waals surface area contributed by atoms with Gasteiger partial charge >= 0.3 is 11.9 Å². The molecule has 2 aromatic rings. The number of hydrogen-bond acceptors (Lipinski definition) is 7. The number of methoxy groups -OCH3 is 4. The largest absolute Gasteiger partial charge is 0.493 e. The van der Waals surface area contributed by atoms with E-state index < -0.39 is 17.9 Å². The first-order chi connectivity index (χ1) is 15.4. The second kappa shape index (κ2) is 10.00. The topological polar surface area (TPSA) is 74.3 Å². The highest BCUT2D eigenvalue weighted by atomic mass is 19.1. The fourth-order valence-corrected chi connectivity index (χ4v) is 3.57. The number of nitrogens with zero attached hydrogens (tertiary/aromatic N) is 1. The lowest BCUT2D eigenvalue weighted by Gasteiger charge is -2.30. The van der Waals surface area contributed by atoms with Crippen LogP contribution >= 0.6 is 0 Å². The maximum absolute atomic E-state index is 13.3. The molecule has 2 aromatic carbocycles. The SMILES string of the molecule is COC(=O)C1=CN(Cc2ccc(F)cc2)C=C(C(=O)OC)C1c1ccc(OC)c(OC)c1. The standard InChI is InChI=1S/C24H24FNO6/c1-29-20-10-7-16(11-21(20)30-2)22-18(23(27)31-3)13-26(14-19(22)24(28)32-4)12-15-5-8-17(25)9-6-15/h5-11,13-14,22H,12H2,1-4H3. The van der Waals surface area contributed by atoms with Gasteiger partial charge in [0.15, 0.2) is 11.5 Å². The van der Waals surface area contributed by atoms with E-state index in [2.05, 4.69) is 0 Å². The van der Waals surface area contributed by atoms with Crippen molar-refractivity contribution in [2.75, 3.05) is 28.4 Å². The molecule has 0 saturated heterocycles. The zero-order chi connectivity index (χ0) is 23.3. The Morgan fingerprint density at radius 3 is 1.91 bits per heavy atom. The van der Waals surface area contributed by atoms with E-state index in [4.69, 9.17) is 18.9 Å². The number of esters is 2. The lowest BCUT2D eigenvalue weighted by molar-refractivity contribution is -0.137. The van der Waals surface area contributed by atoms with E-state index in [1.807, 2.05) is 0 Å². The fourth-order valence-electron chi connectivity index (χ4n) is 3.57. The van der Waals surface area contributed by atoms with Gasteiger partial charge in [0.2, 0.25) is 0 Å². The maximum Gasteiger partial charge on any atom is 0.336 e. The molecule has 1 heterocycles. The van der Waals surface area contributed by atoms with Gasteiger partial charge in [0.1, 0.15) is 5.82 Å². The predicted molar refractivity (Wildman–Crippen MR) is 114 cm³/mol. The number of rotatable bonds is 7. The van der Waals surface area contributed by atoms with Gasteiger partial charge in [-0.2, -0.15) is 0 Å². The van der Waals surface area contributed by atoms with Crippen LogP contribution in [0, 0.1) is 5.82 Å². The molecule has 168 valence electrons. The van der Waals surface area contributed by atoms with Crippen molar-refractivity contribution in [3.05, 3.63) is 83.0 Å². The lowest BCUT2D eigenvalue weighted by atomic mass is 9.83. The van der Waals surface area contributed by atoms with Crippen molar-refractivity contribution in [2.45, 2.75) is 12.5 Å². The van der Waals surface area contributed by atoms with Crippen LogP contribution in [0.5, 0.6) is 11.5 Å². The van der Waals surface area contributed by atoms with Crippen molar-refractivity contribution in [1.29, 1.82) is 0 Å². The van der Waals surface area contributed by atoms with E-state index in [0.717, 1.165) is 5.56 Å². The zero-order valence-corrected chi connectivity index (χ0v) is 18.3. The average molecular weight is 441 g/mol. The third-order valence-corrected chi connectivity index (χ3v) is 5.09. The minimum atomic E-state index is -0.751. The molecule has 0 aromatic heterocycles. The second-order valence-corrected chi connectivity index (χ2v) is 7.00. The average Bonchev–Trinajstić information content (AvgIpc) is 2.83. The Morgan fingerprint density at radius 2 is 1.41 bits per heavy atom. The molecule has 1 aliphatic heterocycles. The molecular formula is C24H24FNO6. The zero-order valence-electron chi connectivity index (χ0n) is 18.3. The number of halogens is 1. The van der Waals surface area contributed by atoms with Gasteiger partial charge in [-0.15, -0.1) is 0 Å². The van der Waals surface area contributed by atoms with E-state index in [9.17, 15) is 14.0 Å². The van der Waals surface area contributed by atoms with Crippen molar-refractivity contribution in [3.63, 3.8) is 0 Å². The smallest absolute Gasteiger partial charge is 0.336 e. The van der Waals surface area contributed by atoms with E-state index in [-0.39, 0.29) is 17.0 Å². The van der Waals surface area contributed by atoms with Crippen molar-refractivity contribution in [2.24, 2.45) is 0 Å². The quantitative estimate of drug-likeness (QED) is 0.609. The summed E-state index contributed by atoms with van der Waals surface area (Å²) in [5.74, 6) is -1.33. The molecule has 7 nitrogen and oxygen atoms in total. The molecule has 3 rings (SSSR count). The van der Waals surface area contributed by atoms with Gasteiger partial charge in [-0.25, -0.2) is 14.0 Å². The van der Waals surface area contributed by atoms with Crippen LogP contribution in [0.15, 0.2) is 66.0 Å². The molecule has 0 spiro atoms. The number of carbonyl (C=O) groups is 2. The second-order valence-electron chi connectivity index (χ2n) is 7.00. The van der Waals surface area contributed by atoms with E-state index in [1.54, 1.807) is 47.6 Å². The van der Waals surface area contributed by atoms with Gasteiger partial charge in [-0.1, -0.05) is 18.2 Å². The fraction of sp³-hybridized carbons (Fsp3) is 0.250. The highest BCUT2D eigenvalue weighted by Crippen LogP contribution is 2.40. The molecule has 1 aliphatic rings. The summed E-state index contributed by atoms with van der Waals surface area (Å²) in [6.45, 7) is 0.305. The van der Waals surface area contributed by atoms with E-state index in [0.29, 0.717) is 23.6 Å². The molecule has 0 atom stereocenters. The molecule has 0 radical (unpaired) electrons. The Balaban J connectivity index is 2.10. The Kier molecular flexibility index (Phi) is 7.14. The number of benzene rings is 2. The van der Waals surface area contributed by atoms with E-state index >= 15 is 0 Å². The van der Waals surface area contributed by atoms with Gasteiger partial charge in [-0.3, -0.25) is 0 Å². The van der Waals surface area contributed by atoms with E-state index in [1.165, 1.54) is 40.6 Å². The van der Waals surface area contributed by atoms with Crippen LogP contribution in [0.3, 0.4) is 0 Å². The Labute approximate surface area is 185 Å². The molecule has 0 aliphatic carbocycles. The van der Waals surface area contributed by atoms with Crippen molar-refractivity contribution in [3.8, 4) is 11.5 Å². The third kappa shape index (κ3) is 4.74. The van der Waals surface area contributed by atoms with Crippen molar-refractivity contribution in [1.82, 2.24) is 4.90 Å². The van der Waals surface area contributed by atoms with Crippen LogP contribution in [0.2, 0.25) is 0 Å². The Morgan fingerprint density at radius 1 is 0.844 bits per heavy atom. The minimum absolute atomic E-state index is 0.240. The first-order valence-corrected chi connectivity index (χ1v) is 9.74. The highest BCUT2D eigenvalue weighted by Gasteiger charge is 2.35. The number of hydrogen-bond donors (Lipinski definition) is 0. The van der Waals surface area contributed by atoms with Gasteiger partial charge in [-0.05, 0) is 35.4 Å². The first kappa shape index (κ1) is 22.9. The Hall–Kier alpha value is -3.81. The summed E-state index contributed by atoms with van der Waals surface area (Å²) in [5, 5.41) is 0. The highest BCUT2D eigenvalue weighted by molar-refractivity contribution is 5.98. The predicted octanol–water partition coefficient (Wildman–Crippen LogP) is 3.56. The molecule has 0 fully saturated rings. The molecule has 0 bridgehead atoms. The van der Waals surface area contributed by atoms with Crippen LogP contribution in [-0.4, -0.2) is 45.3 Å². The van der Waals surface area contributed by atoms with Gasteiger partial charge < -0.3 is 23.8 Å². The number of ether oxygens (including phenoxy) is 4. The summed E-state index contributed by atoms with van der Waals surface area (Å²) in [6.07, 6.45) is 3.23. The molecule has 0 N–H and O–H groups in total. The Bertz CT molecular complexity index is 1030. The summed E-state index contributed by atoms with van der Waals surface area (Å²) in [5.41, 5.74) is 1.89. The van der Waals surface area contributed by atoms with Gasteiger partial charge in [0.25, 0.3) is 0 Å². The van der Waals surface area contributed by atoms with Crippen LogP contribution in [0.4, 0.5) is 4.39 Å². The van der Waals surface area contributed by atoms with Crippen molar-refractivity contribution >= 4 is 11.9 Å². The molecule has 0 amide bonds. The molecule has 32 heavy (non-hydrogen) atoms. The molecule has 0 unspecified atom stereocenters. The third-order valence-electron chi connectivity index (χ3n) is 5.09. The molecular weight excluding hydrogens is 417 g/mol. The van der Waals surface area contributed by atoms with Gasteiger partial charge in [0.05, 0.1) is 45.5 Å². The van der Waals surface area contributed by atoms with Crippen LogP contribution in [0.25, 0.3) is 0 Å². The number of carbonyl (C=O) groups excluding carboxylic acids is 2. The van der Waals surface area contributed by atoms with Crippen molar-refractivity contribution < 1.29 is 32.9 Å². The summed E-state index contributed by atoms with van der Waals surface area (Å²) in [6, 6.07) is 11.1. The summed E-state index contributed by atoms with van der Waals surface area (Å²) >= 11 is 0. The van der Waals surface area contributed by atoms with Crippen LogP contribution < -0.4 is 9.47 Å². The normalized spacial score (nSPS) is 13.7. The van der Waals surface area contributed by atoms with Crippen LogP contribution in [0.1, 0.15) is 17.0 Å². The lowest BCUT2D eigenvalue weighted by Crippen LogP contribution is -2.28. The maximum atomic E-state index is 13.3. The molecule has 0 saturated carbocycles. The summed E-state index contributed by atoms with van der Waals surface area (Å²) in [7, 11) is 5.57.